The van der Waals surface area contributed by atoms with E-state index in [2.05, 4.69) is 23.9 Å². The molecule has 3 N–H and O–H groups in total. The molecule has 0 aromatic carbocycles. The molecule has 0 bridgehead atoms. The monoisotopic (exact) mass is 220 g/mol. The second kappa shape index (κ2) is 4.09. The lowest BCUT2D eigenvalue weighted by Gasteiger charge is -1.98. The first-order valence-corrected chi connectivity index (χ1v) is 5.43. The largest absolute Gasteiger partial charge is 0.330 e. The lowest BCUT2D eigenvalue weighted by molar-refractivity contribution is 0.772. The molecule has 0 atom stereocenters. The van der Waals surface area contributed by atoms with Crippen LogP contribution in [0.25, 0.3) is 5.65 Å². The maximum atomic E-state index is 11.8. The maximum Gasteiger partial charge on any atom is 0.272 e. The summed E-state index contributed by atoms with van der Waals surface area (Å²) in [6.07, 6.45) is 0.633. The average Bonchev–Trinajstić information content (AvgIpc) is 2.62. The van der Waals surface area contributed by atoms with Crippen LogP contribution in [-0.2, 0) is 6.42 Å². The summed E-state index contributed by atoms with van der Waals surface area (Å²) in [6, 6.07) is 3.44. The number of nitrogens with zero attached hydrogens (tertiary/aromatic N) is 2. The van der Waals surface area contributed by atoms with Gasteiger partial charge in [-0.25, -0.2) is 9.50 Å². The van der Waals surface area contributed by atoms with Crippen LogP contribution in [-0.4, -0.2) is 21.1 Å². The predicted octanol–water partition coefficient (Wildman–Crippen LogP) is 0.647. The van der Waals surface area contributed by atoms with E-state index in [1.165, 1.54) is 10.6 Å². The quantitative estimate of drug-likeness (QED) is 0.797. The van der Waals surface area contributed by atoms with E-state index in [1.807, 2.05) is 6.07 Å². The van der Waals surface area contributed by atoms with E-state index in [0.717, 1.165) is 11.4 Å². The number of aromatic nitrogens is 3. The Morgan fingerprint density at radius 2 is 2.25 bits per heavy atom. The molecular weight excluding hydrogens is 204 g/mol. The zero-order valence-corrected chi connectivity index (χ0v) is 9.53. The second-order valence-electron chi connectivity index (χ2n) is 4.18. The van der Waals surface area contributed by atoms with Crippen LogP contribution >= 0.6 is 0 Å². The molecule has 0 unspecified atom stereocenters. The Hall–Kier alpha value is -1.62. The molecular formula is C11H16N4O. The highest BCUT2D eigenvalue weighted by Crippen LogP contribution is 2.12. The number of nitrogens with two attached hydrogens (primary N) is 1. The Kier molecular flexibility index (Phi) is 2.78. The summed E-state index contributed by atoms with van der Waals surface area (Å²) in [6.45, 7) is 4.64. The first kappa shape index (κ1) is 10.9. The van der Waals surface area contributed by atoms with Gasteiger partial charge in [0.25, 0.3) is 5.56 Å². The Balaban J connectivity index is 2.59. The minimum Gasteiger partial charge on any atom is -0.330 e. The third kappa shape index (κ3) is 1.86. The minimum atomic E-state index is -0.0830. The normalized spacial score (nSPS) is 11.5. The van der Waals surface area contributed by atoms with Gasteiger partial charge in [-0.1, -0.05) is 13.8 Å². The van der Waals surface area contributed by atoms with E-state index in [1.54, 1.807) is 0 Å². The summed E-state index contributed by atoms with van der Waals surface area (Å²) in [5, 5.41) is 3.04. The molecule has 0 spiro atoms. The van der Waals surface area contributed by atoms with Gasteiger partial charge in [0, 0.05) is 29.9 Å². The molecule has 0 aliphatic heterocycles. The molecule has 5 nitrogen and oxygen atoms in total. The van der Waals surface area contributed by atoms with Gasteiger partial charge in [0.15, 0.2) is 5.65 Å². The van der Waals surface area contributed by atoms with Gasteiger partial charge in [0.05, 0.1) is 0 Å². The van der Waals surface area contributed by atoms with Gasteiger partial charge in [-0.3, -0.25) is 9.89 Å². The minimum absolute atomic E-state index is 0.0830. The van der Waals surface area contributed by atoms with Crippen molar-refractivity contribution < 1.29 is 0 Å². The molecule has 0 aliphatic carbocycles. The molecule has 0 aliphatic rings. The fraction of sp³-hybridized carbons (Fsp3) is 0.455. The van der Waals surface area contributed by atoms with Gasteiger partial charge >= 0.3 is 0 Å². The van der Waals surface area contributed by atoms with E-state index in [-0.39, 0.29) is 5.56 Å². The molecule has 0 saturated carbocycles. The van der Waals surface area contributed by atoms with Gasteiger partial charge in [-0.05, 0) is 12.5 Å². The molecule has 0 saturated heterocycles. The molecule has 0 radical (unpaired) electrons. The molecule has 0 amide bonds. The van der Waals surface area contributed by atoms with Crippen molar-refractivity contribution in [2.75, 3.05) is 6.54 Å². The molecule has 2 aromatic heterocycles. The number of hydrogen-bond acceptors (Lipinski definition) is 3. The summed E-state index contributed by atoms with van der Waals surface area (Å²) in [5.41, 5.74) is 7.80. The topological polar surface area (TPSA) is 76.2 Å². The van der Waals surface area contributed by atoms with E-state index < -0.39 is 0 Å². The number of rotatable bonds is 3. The van der Waals surface area contributed by atoms with Crippen LogP contribution in [0.15, 0.2) is 16.9 Å². The summed E-state index contributed by atoms with van der Waals surface area (Å²) in [4.78, 5) is 16.1. The summed E-state index contributed by atoms with van der Waals surface area (Å²) >= 11 is 0. The van der Waals surface area contributed by atoms with Crippen molar-refractivity contribution in [2.24, 2.45) is 5.73 Å². The third-order valence-electron chi connectivity index (χ3n) is 2.55. The number of aromatic amines is 1. The van der Waals surface area contributed by atoms with Crippen LogP contribution in [0.4, 0.5) is 0 Å². The van der Waals surface area contributed by atoms with Crippen molar-refractivity contribution in [3.63, 3.8) is 0 Å². The molecule has 0 fully saturated rings. The van der Waals surface area contributed by atoms with Gasteiger partial charge in [-0.2, -0.15) is 0 Å². The van der Waals surface area contributed by atoms with Crippen molar-refractivity contribution in [1.82, 2.24) is 14.6 Å². The Morgan fingerprint density at radius 3 is 2.88 bits per heavy atom. The van der Waals surface area contributed by atoms with E-state index in [0.29, 0.717) is 24.5 Å². The SMILES string of the molecule is CC(C)c1cc2nc(CCN)cc(=O)n2[nH]1. The number of hydrogen-bond donors (Lipinski definition) is 2. The van der Waals surface area contributed by atoms with Crippen LogP contribution < -0.4 is 11.3 Å². The van der Waals surface area contributed by atoms with Crippen molar-refractivity contribution in [1.29, 1.82) is 0 Å². The smallest absolute Gasteiger partial charge is 0.272 e. The van der Waals surface area contributed by atoms with Crippen molar-refractivity contribution in [3.05, 3.63) is 33.9 Å². The highest BCUT2D eigenvalue weighted by Gasteiger charge is 2.07. The molecule has 5 heteroatoms. The van der Waals surface area contributed by atoms with Crippen molar-refractivity contribution in [2.45, 2.75) is 26.2 Å². The van der Waals surface area contributed by atoms with Gasteiger partial charge in [0.1, 0.15) is 0 Å². The molecule has 86 valence electrons. The van der Waals surface area contributed by atoms with Crippen LogP contribution in [0, 0.1) is 0 Å². The van der Waals surface area contributed by atoms with E-state index >= 15 is 0 Å². The fourth-order valence-electron chi connectivity index (χ4n) is 1.63. The fourth-order valence-corrected chi connectivity index (χ4v) is 1.63. The maximum absolute atomic E-state index is 11.8. The average molecular weight is 220 g/mol. The van der Waals surface area contributed by atoms with Crippen molar-refractivity contribution in [3.8, 4) is 0 Å². The summed E-state index contributed by atoms with van der Waals surface area (Å²) in [5.74, 6) is 0.346. The van der Waals surface area contributed by atoms with Gasteiger partial charge in [0.2, 0.25) is 0 Å². The van der Waals surface area contributed by atoms with Crippen LogP contribution in [0.2, 0.25) is 0 Å². The highest BCUT2D eigenvalue weighted by atomic mass is 16.1. The van der Waals surface area contributed by atoms with E-state index in [4.69, 9.17) is 5.73 Å². The van der Waals surface area contributed by atoms with Crippen LogP contribution in [0.5, 0.6) is 0 Å². The summed E-state index contributed by atoms with van der Waals surface area (Å²) < 4.78 is 1.47. The first-order chi connectivity index (χ1) is 7.61. The van der Waals surface area contributed by atoms with Gasteiger partial charge in [-0.15, -0.1) is 0 Å². The molecule has 2 aromatic rings. The summed E-state index contributed by atoms with van der Waals surface area (Å²) in [7, 11) is 0. The lowest BCUT2D eigenvalue weighted by atomic mass is 10.1. The lowest BCUT2D eigenvalue weighted by Crippen LogP contribution is -2.17. The van der Waals surface area contributed by atoms with Crippen LogP contribution in [0.1, 0.15) is 31.2 Å². The number of H-pyrrole nitrogens is 1. The Bertz CT molecular complexity index is 553. The zero-order chi connectivity index (χ0) is 11.7. The molecule has 2 rings (SSSR count). The molecule has 2 heterocycles. The number of fused-ring (bicyclic) bond motifs is 1. The second-order valence-corrected chi connectivity index (χ2v) is 4.18. The Labute approximate surface area is 93.3 Å². The van der Waals surface area contributed by atoms with Crippen LogP contribution in [0.3, 0.4) is 0 Å². The van der Waals surface area contributed by atoms with Crippen molar-refractivity contribution >= 4 is 5.65 Å². The Morgan fingerprint density at radius 1 is 1.50 bits per heavy atom. The first-order valence-electron chi connectivity index (χ1n) is 5.43. The van der Waals surface area contributed by atoms with Gasteiger partial charge < -0.3 is 5.73 Å². The highest BCUT2D eigenvalue weighted by molar-refractivity contribution is 5.40. The third-order valence-corrected chi connectivity index (χ3v) is 2.55. The number of nitrogens with one attached hydrogen (secondary N) is 1. The zero-order valence-electron chi connectivity index (χ0n) is 9.53. The molecule has 16 heavy (non-hydrogen) atoms. The predicted molar refractivity (Wildman–Crippen MR) is 62.7 cm³/mol. The van der Waals surface area contributed by atoms with E-state index in [9.17, 15) is 4.79 Å². The standard InChI is InChI=1S/C11H16N4O/c1-7(2)9-6-10-13-8(3-4-12)5-11(16)15(10)14-9/h5-7,14H,3-4,12H2,1-2H3.